The van der Waals surface area contributed by atoms with E-state index in [9.17, 15) is 4.79 Å². The number of benzene rings is 1. The van der Waals surface area contributed by atoms with Gasteiger partial charge in [0.15, 0.2) is 0 Å². The molecule has 15 heavy (non-hydrogen) atoms. The predicted molar refractivity (Wildman–Crippen MR) is 60.1 cm³/mol. The summed E-state index contributed by atoms with van der Waals surface area (Å²) in [5.41, 5.74) is 7.06. The Morgan fingerprint density at radius 2 is 2.27 bits per heavy atom. The maximum atomic E-state index is 11.2. The third-order valence-corrected chi connectivity index (χ3v) is 2.31. The van der Waals surface area contributed by atoms with Gasteiger partial charge in [0.05, 0.1) is 17.7 Å². The second kappa shape index (κ2) is 5.14. The first kappa shape index (κ1) is 12.0. The molecule has 1 aromatic carbocycles. The molecule has 0 saturated carbocycles. The van der Waals surface area contributed by atoms with Crippen LogP contribution >= 0.6 is 11.6 Å². The zero-order valence-electron chi connectivity index (χ0n) is 8.79. The number of methoxy groups -OCH3 is 1. The highest BCUT2D eigenvalue weighted by Crippen LogP contribution is 2.19. The van der Waals surface area contributed by atoms with Crippen molar-refractivity contribution in [3.05, 3.63) is 34.3 Å². The normalized spacial score (nSPS) is 12.3. The van der Waals surface area contributed by atoms with Crippen LogP contribution in [0.4, 0.5) is 0 Å². The van der Waals surface area contributed by atoms with Crippen LogP contribution in [0.25, 0.3) is 0 Å². The average molecular weight is 228 g/mol. The molecule has 0 heterocycles. The van der Waals surface area contributed by atoms with E-state index in [-0.39, 0.29) is 6.04 Å². The Balaban J connectivity index is 2.93. The van der Waals surface area contributed by atoms with Crippen molar-refractivity contribution < 1.29 is 9.53 Å². The summed E-state index contributed by atoms with van der Waals surface area (Å²) in [7, 11) is 1.33. The summed E-state index contributed by atoms with van der Waals surface area (Å²) in [6, 6.07) is 5.31. The van der Waals surface area contributed by atoms with Crippen molar-refractivity contribution in [1.29, 1.82) is 0 Å². The summed E-state index contributed by atoms with van der Waals surface area (Å²) in [6.45, 7) is 1.92. The Labute approximate surface area is 94.2 Å². The van der Waals surface area contributed by atoms with Gasteiger partial charge in [-0.3, -0.25) is 0 Å². The molecule has 3 nitrogen and oxygen atoms in total. The minimum Gasteiger partial charge on any atom is -0.465 e. The molecule has 0 radical (unpaired) electrons. The molecule has 0 bridgehead atoms. The molecule has 0 aliphatic rings. The Bertz CT molecular complexity index is 364. The lowest BCUT2D eigenvalue weighted by molar-refractivity contribution is 0.0601. The van der Waals surface area contributed by atoms with Crippen molar-refractivity contribution in [3.8, 4) is 0 Å². The first-order valence-electron chi connectivity index (χ1n) is 4.67. The number of ether oxygens (including phenoxy) is 1. The third kappa shape index (κ3) is 3.22. The average Bonchev–Trinajstić information content (AvgIpc) is 2.16. The van der Waals surface area contributed by atoms with E-state index in [1.165, 1.54) is 7.11 Å². The van der Waals surface area contributed by atoms with E-state index in [0.29, 0.717) is 10.6 Å². The summed E-state index contributed by atoms with van der Waals surface area (Å²) in [5.74, 6) is -0.424. The van der Waals surface area contributed by atoms with Crippen LogP contribution in [-0.2, 0) is 11.2 Å². The number of halogens is 1. The number of hydrogen-bond acceptors (Lipinski definition) is 3. The maximum absolute atomic E-state index is 11.2. The van der Waals surface area contributed by atoms with Gasteiger partial charge < -0.3 is 10.5 Å². The Kier molecular flexibility index (Phi) is 4.12. The number of nitrogens with two attached hydrogens (primary N) is 1. The molecule has 1 aromatic rings. The molecule has 82 valence electrons. The summed E-state index contributed by atoms with van der Waals surface area (Å²) in [4.78, 5) is 11.2. The standard InChI is InChI=1S/C11H14ClNO2/c1-7(13)5-8-3-4-9(10(12)6-8)11(14)15-2/h3-4,6-7H,5,13H2,1-2H3/t7-/m0/s1. The van der Waals surface area contributed by atoms with Crippen LogP contribution in [0.1, 0.15) is 22.8 Å². The van der Waals surface area contributed by atoms with Crippen LogP contribution in [0.3, 0.4) is 0 Å². The van der Waals surface area contributed by atoms with E-state index in [1.54, 1.807) is 12.1 Å². The van der Waals surface area contributed by atoms with E-state index >= 15 is 0 Å². The molecule has 0 aliphatic carbocycles. The molecule has 0 saturated heterocycles. The Morgan fingerprint density at radius 1 is 1.60 bits per heavy atom. The summed E-state index contributed by atoms with van der Waals surface area (Å²) >= 11 is 5.94. The molecule has 0 spiro atoms. The van der Waals surface area contributed by atoms with Gasteiger partial charge in [-0.2, -0.15) is 0 Å². The SMILES string of the molecule is COC(=O)c1ccc(C[C@H](C)N)cc1Cl. The molecule has 0 aromatic heterocycles. The number of carbonyl (C=O) groups is 1. The van der Waals surface area contributed by atoms with E-state index in [4.69, 9.17) is 17.3 Å². The smallest absolute Gasteiger partial charge is 0.339 e. The molecule has 2 N–H and O–H groups in total. The molecule has 0 amide bonds. The first-order chi connectivity index (χ1) is 7.04. The quantitative estimate of drug-likeness (QED) is 0.804. The van der Waals surface area contributed by atoms with Crippen LogP contribution in [0.15, 0.2) is 18.2 Å². The van der Waals surface area contributed by atoms with Gasteiger partial charge in [0, 0.05) is 6.04 Å². The monoisotopic (exact) mass is 227 g/mol. The van der Waals surface area contributed by atoms with Gasteiger partial charge in [0.25, 0.3) is 0 Å². The lowest BCUT2D eigenvalue weighted by Gasteiger charge is -2.07. The van der Waals surface area contributed by atoms with Crippen LogP contribution in [0, 0.1) is 0 Å². The van der Waals surface area contributed by atoms with Crippen LogP contribution in [0.2, 0.25) is 5.02 Å². The van der Waals surface area contributed by atoms with Crippen molar-refractivity contribution in [2.45, 2.75) is 19.4 Å². The number of carbonyl (C=O) groups excluding carboxylic acids is 1. The minimum absolute atomic E-state index is 0.0741. The van der Waals surface area contributed by atoms with E-state index in [1.807, 2.05) is 13.0 Å². The third-order valence-electron chi connectivity index (χ3n) is 2.00. The van der Waals surface area contributed by atoms with Crippen molar-refractivity contribution >= 4 is 17.6 Å². The summed E-state index contributed by atoms with van der Waals surface area (Å²) in [5, 5.41) is 0.403. The minimum atomic E-state index is -0.424. The van der Waals surface area contributed by atoms with Crippen molar-refractivity contribution in [2.75, 3.05) is 7.11 Å². The van der Waals surface area contributed by atoms with E-state index in [2.05, 4.69) is 4.74 Å². The lowest BCUT2D eigenvalue weighted by atomic mass is 10.1. The molecule has 0 fully saturated rings. The highest BCUT2D eigenvalue weighted by molar-refractivity contribution is 6.33. The summed E-state index contributed by atoms with van der Waals surface area (Å²) < 4.78 is 4.59. The fourth-order valence-corrected chi connectivity index (χ4v) is 1.61. The van der Waals surface area contributed by atoms with Crippen LogP contribution in [-0.4, -0.2) is 19.1 Å². The van der Waals surface area contributed by atoms with Gasteiger partial charge in [-0.1, -0.05) is 17.7 Å². The molecule has 1 atom stereocenters. The summed E-state index contributed by atoms with van der Waals surface area (Å²) in [6.07, 6.45) is 0.737. The van der Waals surface area contributed by atoms with Gasteiger partial charge in [0.2, 0.25) is 0 Å². The van der Waals surface area contributed by atoms with Crippen LogP contribution in [0.5, 0.6) is 0 Å². The van der Waals surface area contributed by atoms with Crippen LogP contribution < -0.4 is 5.73 Å². The molecule has 1 rings (SSSR count). The van der Waals surface area contributed by atoms with Crippen molar-refractivity contribution in [1.82, 2.24) is 0 Å². The lowest BCUT2D eigenvalue weighted by Crippen LogP contribution is -2.17. The van der Waals surface area contributed by atoms with Gasteiger partial charge in [-0.25, -0.2) is 4.79 Å². The second-order valence-corrected chi connectivity index (χ2v) is 3.89. The fourth-order valence-electron chi connectivity index (χ4n) is 1.33. The molecular weight excluding hydrogens is 214 g/mol. The van der Waals surface area contributed by atoms with Gasteiger partial charge in [0.1, 0.15) is 0 Å². The number of rotatable bonds is 3. The highest BCUT2D eigenvalue weighted by Gasteiger charge is 2.11. The second-order valence-electron chi connectivity index (χ2n) is 3.49. The van der Waals surface area contributed by atoms with Gasteiger partial charge >= 0.3 is 5.97 Å². The predicted octanol–water partition coefficient (Wildman–Crippen LogP) is 2.02. The van der Waals surface area contributed by atoms with Crippen molar-refractivity contribution in [2.24, 2.45) is 5.73 Å². The largest absolute Gasteiger partial charge is 0.465 e. The fraction of sp³-hybridized carbons (Fsp3) is 0.364. The number of esters is 1. The zero-order chi connectivity index (χ0) is 11.4. The Morgan fingerprint density at radius 3 is 2.73 bits per heavy atom. The maximum Gasteiger partial charge on any atom is 0.339 e. The van der Waals surface area contributed by atoms with Gasteiger partial charge in [-0.05, 0) is 31.0 Å². The topological polar surface area (TPSA) is 52.3 Å². The Hall–Kier alpha value is -1.06. The van der Waals surface area contributed by atoms with Crippen molar-refractivity contribution in [3.63, 3.8) is 0 Å². The zero-order valence-corrected chi connectivity index (χ0v) is 9.54. The number of hydrogen-bond donors (Lipinski definition) is 1. The molecule has 0 aliphatic heterocycles. The highest BCUT2D eigenvalue weighted by atomic mass is 35.5. The molecule has 0 unspecified atom stereocenters. The molecule has 4 heteroatoms. The molecular formula is C11H14ClNO2. The van der Waals surface area contributed by atoms with E-state index in [0.717, 1.165) is 12.0 Å². The van der Waals surface area contributed by atoms with E-state index < -0.39 is 5.97 Å². The van der Waals surface area contributed by atoms with Gasteiger partial charge in [-0.15, -0.1) is 0 Å². The first-order valence-corrected chi connectivity index (χ1v) is 5.04.